The molecule has 0 radical (unpaired) electrons. The molecule has 55 heavy (non-hydrogen) atoms. The van der Waals surface area contributed by atoms with Crippen molar-refractivity contribution in [3.05, 3.63) is 194 Å². The molecule has 0 saturated carbocycles. The molecule has 0 bridgehead atoms. The summed E-state index contributed by atoms with van der Waals surface area (Å²) in [6, 6.07) is 68.5. The maximum Gasteiger partial charge on any atom is 0.160 e. The summed E-state index contributed by atoms with van der Waals surface area (Å²) < 4.78 is 2.38. The van der Waals surface area contributed by atoms with Crippen molar-refractivity contribution < 1.29 is 0 Å². The third-order valence-electron chi connectivity index (χ3n) is 10.8. The van der Waals surface area contributed by atoms with Crippen LogP contribution in [-0.4, -0.2) is 19.5 Å². The van der Waals surface area contributed by atoms with Crippen LogP contribution in [0.5, 0.6) is 0 Å². The predicted molar refractivity (Wildman–Crippen MR) is 228 cm³/mol. The second kappa shape index (κ2) is 12.6. The largest absolute Gasteiger partial charge is 0.309 e. The van der Waals surface area contributed by atoms with Crippen molar-refractivity contribution in [2.75, 3.05) is 0 Å². The summed E-state index contributed by atoms with van der Waals surface area (Å²) in [6.07, 6.45) is 0. The average Bonchev–Trinajstić information content (AvgIpc) is 3.59. The molecule has 0 unspecified atom stereocenters. The van der Waals surface area contributed by atoms with Gasteiger partial charge < -0.3 is 4.57 Å². The van der Waals surface area contributed by atoms with Gasteiger partial charge in [-0.25, -0.2) is 15.0 Å². The van der Waals surface area contributed by atoms with Crippen LogP contribution in [0, 0.1) is 0 Å². The van der Waals surface area contributed by atoms with Crippen molar-refractivity contribution in [1.29, 1.82) is 0 Å². The molecule has 0 amide bonds. The second-order valence-electron chi connectivity index (χ2n) is 14.0. The van der Waals surface area contributed by atoms with E-state index in [4.69, 9.17) is 15.0 Å². The van der Waals surface area contributed by atoms with E-state index in [-0.39, 0.29) is 0 Å². The zero-order valence-electron chi connectivity index (χ0n) is 29.8. The number of hydrogen-bond donors (Lipinski definition) is 0. The van der Waals surface area contributed by atoms with Crippen LogP contribution in [-0.2, 0) is 0 Å². The molecule has 11 rings (SSSR count). The minimum Gasteiger partial charge on any atom is -0.309 e. The number of pyridine rings is 1. The van der Waals surface area contributed by atoms with Crippen LogP contribution < -0.4 is 0 Å². The van der Waals surface area contributed by atoms with Gasteiger partial charge in [0.1, 0.15) is 0 Å². The van der Waals surface area contributed by atoms with Crippen molar-refractivity contribution >= 4 is 54.4 Å². The van der Waals surface area contributed by atoms with Gasteiger partial charge in [-0.2, -0.15) is 0 Å². The minimum atomic E-state index is 0.691. The van der Waals surface area contributed by atoms with Crippen molar-refractivity contribution in [2.24, 2.45) is 0 Å². The Morgan fingerprint density at radius 3 is 1.64 bits per heavy atom. The fourth-order valence-corrected chi connectivity index (χ4v) is 8.17. The van der Waals surface area contributed by atoms with Crippen LogP contribution in [0.15, 0.2) is 194 Å². The van der Waals surface area contributed by atoms with E-state index in [0.717, 1.165) is 72.0 Å². The lowest BCUT2D eigenvalue weighted by atomic mass is 9.98. The first kappa shape index (κ1) is 31.1. The molecule has 4 nitrogen and oxygen atoms in total. The number of hydrogen-bond acceptors (Lipinski definition) is 3. The van der Waals surface area contributed by atoms with E-state index in [1.807, 2.05) is 12.1 Å². The van der Waals surface area contributed by atoms with Crippen molar-refractivity contribution in [3.63, 3.8) is 0 Å². The lowest BCUT2D eigenvalue weighted by Crippen LogP contribution is -1.98. The molecule has 0 spiro atoms. The molecule has 4 heteroatoms. The molecule has 0 aliphatic heterocycles. The van der Waals surface area contributed by atoms with Crippen LogP contribution in [0.3, 0.4) is 0 Å². The van der Waals surface area contributed by atoms with Gasteiger partial charge in [-0.15, -0.1) is 0 Å². The van der Waals surface area contributed by atoms with E-state index in [1.54, 1.807) is 0 Å². The number of para-hydroxylation sites is 3. The quantitative estimate of drug-likeness (QED) is 0.168. The molecule has 0 saturated heterocycles. The molecule has 0 aliphatic carbocycles. The number of nitrogens with zero attached hydrogens (tertiary/aromatic N) is 4. The Morgan fingerprint density at radius 1 is 0.291 bits per heavy atom. The van der Waals surface area contributed by atoms with Gasteiger partial charge in [0.25, 0.3) is 0 Å². The molecule has 3 aromatic heterocycles. The SMILES string of the molecule is c1ccc(-c2ccc(-c3nc(-c4cccc(-n5c6ccccc6c6cc7c(cc65)c(-c5ccccc5)nc5ccccc57)c4)nc4ccccc34)cc2)cc1. The number of rotatable bonds is 5. The van der Waals surface area contributed by atoms with Gasteiger partial charge in [-0.05, 0) is 59.0 Å². The number of fused-ring (bicyclic) bond motifs is 7. The van der Waals surface area contributed by atoms with Gasteiger partial charge >= 0.3 is 0 Å². The molecular formula is C51H32N4. The summed E-state index contributed by atoms with van der Waals surface area (Å²) >= 11 is 0. The molecule has 256 valence electrons. The smallest absolute Gasteiger partial charge is 0.160 e. The van der Waals surface area contributed by atoms with Gasteiger partial charge in [-0.1, -0.05) is 152 Å². The summed E-state index contributed by atoms with van der Waals surface area (Å²) in [5.41, 5.74) is 12.6. The predicted octanol–water partition coefficient (Wildman–Crippen LogP) is 13.1. The molecule has 0 atom stereocenters. The molecule has 3 heterocycles. The van der Waals surface area contributed by atoms with Crippen LogP contribution >= 0.6 is 0 Å². The van der Waals surface area contributed by atoms with Gasteiger partial charge in [0.2, 0.25) is 0 Å². The highest BCUT2D eigenvalue weighted by atomic mass is 15.0. The first-order valence-corrected chi connectivity index (χ1v) is 18.6. The zero-order chi connectivity index (χ0) is 36.3. The van der Waals surface area contributed by atoms with Gasteiger partial charge in [0.05, 0.1) is 33.5 Å². The number of aromatic nitrogens is 4. The van der Waals surface area contributed by atoms with Crippen molar-refractivity contribution in [1.82, 2.24) is 19.5 Å². The van der Waals surface area contributed by atoms with Gasteiger partial charge in [-0.3, -0.25) is 0 Å². The molecule has 11 aromatic rings. The lowest BCUT2D eigenvalue weighted by molar-refractivity contribution is 1.17. The highest BCUT2D eigenvalue weighted by Crippen LogP contribution is 2.40. The van der Waals surface area contributed by atoms with E-state index in [1.165, 1.54) is 27.3 Å². The maximum atomic E-state index is 5.28. The van der Waals surface area contributed by atoms with Crippen LogP contribution in [0.1, 0.15) is 0 Å². The molecule has 0 N–H and O–H groups in total. The Morgan fingerprint density at radius 2 is 0.855 bits per heavy atom. The monoisotopic (exact) mass is 700 g/mol. The second-order valence-corrected chi connectivity index (χ2v) is 14.0. The average molecular weight is 701 g/mol. The van der Waals surface area contributed by atoms with Crippen LogP contribution in [0.2, 0.25) is 0 Å². The van der Waals surface area contributed by atoms with E-state index in [0.29, 0.717) is 5.82 Å². The normalized spacial score (nSPS) is 11.6. The number of benzene rings is 8. The summed E-state index contributed by atoms with van der Waals surface area (Å²) in [5, 5.41) is 6.90. The Kier molecular flexibility index (Phi) is 7.14. The van der Waals surface area contributed by atoms with E-state index < -0.39 is 0 Å². The summed E-state index contributed by atoms with van der Waals surface area (Å²) in [5.74, 6) is 0.691. The molecule has 0 aliphatic rings. The Labute approximate surface area is 317 Å². The highest BCUT2D eigenvalue weighted by Gasteiger charge is 2.19. The first-order chi connectivity index (χ1) is 27.3. The third-order valence-corrected chi connectivity index (χ3v) is 10.8. The fourth-order valence-electron chi connectivity index (χ4n) is 8.17. The summed E-state index contributed by atoms with van der Waals surface area (Å²) in [4.78, 5) is 15.7. The Bertz CT molecular complexity index is 3240. The molecule has 0 fully saturated rings. The standard InChI is InChI=1S/C51H32N4/c1-3-14-33(15-4-1)34-26-28-36(29-27-34)49-41-22-8-11-24-46(41)53-51(54-49)37-18-13-19-38(30-37)55-47-25-12-9-21-40(47)43-31-42-39-20-7-10-23-45(39)52-50(44(42)32-48(43)55)35-16-5-2-6-17-35/h1-32H. The van der Waals surface area contributed by atoms with Crippen LogP contribution in [0.25, 0.3) is 105 Å². The fraction of sp³-hybridized carbons (Fsp3) is 0. The molecule has 8 aromatic carbocycles. The van der Waals surface area contributed by atoms with E-state index in [9.17, 15) is 0 Å². The summed E-state index contributed by atoms with van der Waals surface area (Å²) in [7, 11) is 0. The zero-order valence-corrected chi connectivity index (χ0v) is 29.8. The minimum absolute atomic E-state index is 0.691. The Balaban J connectivity index is 1.11. The van der Waals surface area contributed by atoms with E-state index >= 15 is 0 Å². The van der Waals surface area contributed by atoms with Crippen molar-refractivity contribution in [2.45, 2.75) is 0 Å². The van der Waals surface area contributed by atoms with Crippen LogP contribution in [0.4, 0.5) is 0 Å². The van der Waals surface area contributed by atoms with E-state index in [2.05, 4.69) is 187 Å². The highest BCUT2D eigenvalue weighted by molar-refractivity contribution is 6.20. The third kappa shape index (κ3) is 5.19. The topological polar surface area (TPSA) is 43.6 Å². The molecular weight excluding hydrogens is 669 g/mol. The van der Waals surface area contributed by atoms with Gasteiger partial charge in [0, 0.05) is 49.3 Å². The Hall–Kier alpha value is -7.43. The summed E-state index contributed by atoms with van der Waals surface area (Å²) in [6.45, 7) is 0. The van der Waals surface area contributed by atoms with Crippen molar-refractivity contribution in [3.8, 4) is 50.7 Å². The maximum absolute atomic E-state index is 5.28. The lowest BCUT2D eigenvalue weighted by Gasteiger charge is -2.14. The van der Waals surface area contributed by atoms with Gasteiger partial charge in [0.15, 0.2) is 5.82 Å². The first-order valence-electron chi connectivity index (χ1n) is 18.6.